The summed E-state index contributed by atoms with van der Waals surface area (Å²) in [5, 5.41) is 12.9. The molecule has 1 saturated heterocycles. The molecule has 7 heteroatoms. The van der Waals surface area contributed by atoms with Crippen molar-refractivity contribution < 1.29 is 19.1 Å². The number of nitrogens with one attached hydrogen (secondary N) is 1. The molecule has 0 saturated carbocycles. The van der Waals surface area contributed by atoms with Gasteiger partial charge in [-0.25, -0.2) is 4.79 Å². The fourth-order valence-electron chi connectivity index (χ4n) is 4.42. The summed E-state index contributed by atoms with van der Waals surface area (Å²) in [6.07, 6.45) is 0.922. The van der Waals surface area contributed by atoms with Crippen LogP contribution in [0, 0.1) is 0 Å². The van der Waals surface area contributed by atoms with E-state index in [4.69, 9.17) is 4.43 Å². The van der Waals surface area contributed by atoms with Gasteiger partial charge in [-0.1, -0.05) is 63.2 Å². The number of carbonyl (C=O) groups is 2. The Morgan fingerprint density at radius 3 is 2.24 bits per heavy atom. The molecule has 1 aliphatic heterocycles. The van der Waals surface area contributed by atoms with Crippen molar-refractivity contribution in [2.24, 2.45) is 0 Å². The third-order valence-corrected chi connectivity index (χ3v) is 11.8. The average molecular weight is 483 g/mol. The molecule has 3 rings (SSSR count). The number of likely N-dealkylation sites (tertiary alicyclic amines) is 1. The molecule has 0 aromatic heterocycles. The molecule has 2 N–H and O–H groups in total. The Bertz CT molecular complexity index is 986. The molecular weight excluding hydrogens is 444 g/mol. The van der Waals surface area contributed by atoms with E-state index in [0.29, 0.717) is 12.0 Å². The molecular formula is C27H38N2O4Si. The Hall–Kier alpha value is -2.64. The zero-order valence-corrected chi connectivity index (χ0v) is 22.2. The van der Waals surface area contributed by atoms with Crippen LogP contribution in [0.2, 0.25) is 18.1 Å². The number of amides is 2. The standard InChI is InChI=1S/C27H38N2O4Si/c1-27(2,3)34(5,6)33-24(20-10-8-7-9-11-20)23-17-16-22(29(23)26(31)32)18-19-12-14-21(15-13-19)25(30)28-4/h7-15,22-24H,16-18H2,1-6H3,(H,28,30)(H,31,32)/t22-,23+,24?/m0/s1. The molecule has 2 aromatic rings. The minimum absolute atomic E-state index is 0.0125. The smallest absolute Gasteiger partial charge is 0.407 e. The number of carboxylic acid groups (broad SMARTS) is 1. The quantitative estimate of drug-likeness (QED) is 0.484. The molecule has 2 aromatic carbocycles. The van der Waals surface area contributed by atoms with Gasteiger partial charge in [-0.2, -0.15) is 0 Å². The number of carbonyl (C=O) groups excluding carboxylic acids is 1. The van der Waals surface area contributed by atoms with Crippen LogP contribution in [0.15, 0.2) is 54.6 Å². The topological polar surface area (TPSA) is 78.9 Å². The molecule has 0 radical (unpaired) electrons. The van der Waals surface area contributed by atoms with Gasteiger partial charge in [0.2, 0.25) is 0 Å². The minimum atomic E-state index is -2.16. The number of rotatable bonds is 7. The molecule has 3 atom stereocenters. The van der Waals surface area contributed by atoms with Crippen molar-refractivity contribution in [1.82, 2.24) is 10.2 Å². The number of benzene rings is 2. The van der Waals surface area contributed by atoms with Gasteiger partial charge in [0.05, 0.1) is 12.1 Å². The summed E-state index contributed by atoms with van der Waals surface area (Å²) in [7, 11) is -0.551. The number of nitrogens with zero attached hydrogens (tertiary/aromatic N) is 1. The molecule has 1 fully saturated rings. The van der Waals surface area contributed by atoms with Gasteiger partial charge in [-0.3, -0.25) is 9.69 Å². The first kappa shape index (κ1) is 26.0. The average Bonchev–Trinajstić information content (AvgIpc) is 3.20. The summed E-state index contributed by atoms with van der Waals surface area (Å²) in [6.45, 7) is 11.0. The highest BCUT2D eigenvalue weighted by Gasteiger charge is 2.46. The van der Waals surface area contributed by atoms with Crippen LogP contribution in [0.1, 0.15) is 61.2 Å². The maximum Gasteiger partial charge on any atom is 0.407 e. The predicted molar refractivity (Wildman–Crippen MR) is 138 cm³/mol. The van der Waals surface area contributed by atoms with E-state index in [1.165, 1.54) is 0 Å². The Balaban J connectivity index is 1.88. The molecule has 1 heterocycles. The molecule has 2 amide bonds. The van der Waals surface area contributed by atoms with Crippen molar-refractivity contribution in [3.05, 3.63) is 71.3 Å². The first-order chi connectivity index (χ1) is 15.9. The lowest BCUT2D eigenvalue weighted by Crippen LogP contribution is -2.49. The van der Waals surface area contributed by atoms with E-state index in [-0.39, 0.29) is 29.1 Å². The van der Waals surface area contributed by atoms with Crippen molar-refractivity contribution in [1.29, 1.82) is 0 Å². The monoisotopic (exact) mass is 482 g/mol. The zero-order valence-electron chi connectivity index (χ0n) is 21.2. The molecule has 0 bridgehead atoms. The van der Waals surface area contributed by atoms with Crippen molar-refractivity contribution in [3.63, 3.8) is 0 Å². The van der Waals surface area contributed by atoms with Crippen molar-refractivity contribution >= 4 is 20.3 Å². The number of hydrogen-bond donors (Lipinski definition) is 2. The summed E-state index contributed by atoms with van der Waals surface area (Å²) < 4.78 is 6.90. The van der Waals surface area contributed by atoms with Gasteiger partial charge in [0.25, 0.3) is 5.91 Å². The maximum atomic E-state index is 12.5. The third-order valence-electron chi connectivity index (χ3n) is 7.39. The molecule has 0 aliphatic carbocycles. The lowest BCUT2D eigenvalue weighted by atomic mass is 10.0. The second-order valence-corrected chi connectivity index (χ2v) is 15.4. The summed E-state index contributed by atoms with van der Waals surface area (Å²) in [5.41, 5.74) is 2.64. The molecule has 184 valence electrons. The van der Waals surface area contributed by atoms with E-state index >= 15 is 0 Å². The van der Waals surface area contributed by atoms with E-state index in [2.05, 4.69) is 39.2 Å². The summed E-state index contributed by atoms with van der Waals surface area (Å²) >= 11 is 0. The van der Waals surface area contributed by atoms with Crippen LogP contribution < -0.4 is 5.32 Å². The second-order valence-electron chi connectivity index (χ2n) is 10.7. The van der Waals surface area contributed by atoms with E-state index in [9.17, 15) is 14.7 Å². The van der Waals surface area contributed by atoms with Gasteiger partial charge >= 0.3 is 6.09 Å². The summed E-state index contributed by atoms with van der Waals surface area (Å²) in [6, 6.07) is 17.1. The van der Waals surface area contributed by atoms with Crippen LogP contribution in [-0.4, -0.2) is 49.5 Å². The highest BCUT2D eigenvalue weighted by molar-refractivity contribution is 6.74. The van der Waals surface area contributed by atoms with Crippen LogP contribution in [0.5, 0.6) is 0 Å². The Morgan fingerprint density at radius 2 is 1.71 bits per heavy atom. The first-order valence-corrected chi connectivity index (χ1v) is 14.9. The highest BCUT2D eigenvalue weighted by Crippen LogP contribution is 2.44. The predicted octanol–water partition coefficient (Wildman–Crippen LogP) is 5.86. The van der Waals surface area contributed by atoms with Crippen LogP contribution in [0.4, 0.5) is 4.79 Å². The fraction of sp³-hybridized carbons (Fsp3) is 0.481. The Morgan fingerprint density at radius 1 is 1.09 bits per heavy atom. The van der Waals surface area contributed by atoms with Gasteiger partial charge in [0.1, 0.15) is 0 Å². The third kappa shape index (κ3) is 5.70. The van der Waals surface area contributed by atoms with Gasteiger partial charge < -0.3 is 14.8 Å². The van der Waals surface area contributed by atoms with Crippen molar-refractivity contribution in [2.45, 2.75) is 76.4 Å². The fourth-order valence-corrected chi connectivity index (χ4v) is 5.70. The first-order valence-electron chi connectivity index (χ1n) is 12.0. The van der Waals surface area contributed by atoms with Gasteiger partial charge in [0, 0.05) is 18.7 Å². The lowest BCUT2D eigenvalue weighted by molar-refractivity contribution is 0.0598. The van der Waals surface area contributed by atoms with Crippen molar-refractivity contribution in [2.75, 3.05) is 7.05 Å². The normalized spacial score (nSPS) is 19.6. The van der Waals surface area contributed by atoms with E-state index < -0.39 is 14.4 Å². The maximum absolute atomic E-state index is 12.5. The minimum Gasteiger partial charge on any atom is -0.465 e. The van der Waals surface area contributed by atoms with Crippen LogP contribution in [0.3, 0.4) is 0 Å². The highest BCUT2D eigenvalue weighted by atomic mass is 28.4. The van der Waals surface area contributed by atoms with E-state index in [0.717, 1.165) is 24.0 Å². The Kier molecular flexibility index (Phi) is 7.88. The lowest BCUT2D eigenvalue weighted by Gasteiger charge is -2.42. The van der Waals surface area contributed by atoms with Crippen LogP contribution >= 0.6 is 0 Å². The van der Waals surface area contributed by atoms with E-state index in [1.54, 1.807) is 24.1 Å². The second kappa shape index (κ2) is 10.3. The molecule has 6 nitrogen and oxygen atoms in total. The Labute approximate surface area is 204 Å². The molecule has 1 unspecified atom stereocenters. The number of hydrogen-bond acceptors (Lipinski definition) is 3. The summed E-state index contributed by atoms with van der Waals surface area (Å²) in [4.78, 5) is 26.0. The van der Waals surface area contributed by atoms with Crippen LogP contribution in [0.25, 0.3) is 0 Å². The van der Waals surface area contributed by atoms with Crippen LogP contribution in [-0.2, 0) is 10.8 Å². The largest absolute Gasteiger partial charge is 0.465 e. The van der Waals surface area contributed by atoms with Crippen molar-refractivity contribution in [3.8, 4) is 0 Å². The van der Waals surface area contributed by atoms with Gasteiger partial charge in [0.15, 0.2) is 8.32 Å². The SMILES string of the molecule is CNC(=O)c1ccc(C[C@@H]2CC[C@H](C(O[Si](C)(C)C(C)(C)C)c3ccccc3)N2C(=O)O)cc1. The summed E-state index contributed by atoms with van der Waals surface area (Å²) in [5.74, 6) is -0.131. The van der Waals surface area contributed by atoms with E-state index in [1.807, 2.05) is 42.5 Å². The molecule has 1 aliphatic rings. The van der Waals surface area contributed by atoms with Gasteiger partial charge in [-0.05, 0) is 60.7 Å². The molecule has 34 heavy (non-hydrogen) atoms. The zero-order chi connectivity index (χ0) is 25.1. The molecule has 0 spiro atoms. The van der Waals surface area contributed by atoms with Gasteiger partial charge in [-0.15, -0.1) is 0 Å².